The maximum Gasteiger partial charge on any atom is 0.411 e. The zero-order chi connectivity index (χ0) is 23.9. The maximum atomic E-state index is 14.5. The third-order valence-corrected chi connectivity index (χ3v) is 6.34. The van der Waals surface area contributed by atoms with Gasteiger partial charge in [-0.25, -0.2) is 14.0 Å². The van der Waals surface area contributed by atoms with Crippen LogP contribution < -0.4 is 10.6 Å². The van der Waals surface area contributed by atoms with Gasteiger partial charge in [0, 0.05) is 5.92 Å². The summed E-state index contributed by atoms with van der Waals surface area (Å²) >= 11 is 0. The summed E-state index contributed by atoms with van der Waals surface area (Å²) < 4.78 is 20.0. The normalized spacial score (nSPS) is 15.1. The molecule has 2 aliphatic rings. The van der Waals surface area contributed by atoms with Crippen molar-refractivity contribution in [3.8, 4) is 11.1 Å². The molecule has 7 nitrogen and oxygen atoms in total. The number of rotatable bonds is 6. The van der Waals surface area contributed by atoms with E-state index < -0.39 is 29.3 Å². The Labute approximate surface area is 194 Å². The van der Waals surface area contributed by atoms with Crippen LogP contribution in [-0.2, 0) is 9.53 Å². The van der Waals surface area contributed by atoms with Gasteiger partial charge in [0.15, 0.2) is 0 Å². The molecule has 0 unspecified atom stereocenters. The van der Waals surface area contributed by atoms with Crippen LogP contribution in [-0.4, -0.2) is 35.2 Å². The lowest BCUT2D eigenvalue weighted by Gasteiger charge is -2.17. The topological polar surface area (TPSA) is 105 Å². The average Bonchev–Trinajstić information content (AvgIpc) is 3.55. The molecule has 3 N–H and O–H groups in total. The van der Waals surface area contributed by atoms with Crippen molar-refractivity contribution in [3.63, 3.8) is 0 Å². The number of ether oxygens (including phenoxy) is 1. The second-order valence-corrected chi connectivity index (χ2v) is 8.45. The Bertz CT molecular complexity index is 1270. The first kappa shape index (κ1) is 21.6. The van der Waals surface area contributed by atoms with Crippen LogP contribution in [0.1, 0.15) is 40.2 Å². The molecule has 3 aromatic carbocycles. The lowest BCUT2D eigenvalue weighted by Crippen LogP contribution is -2.43. The summed E-state index contributed by atoms with van der Waals surface area (Å²) in [5.41, 5.74) is 2.33. The van der Waals surface area contributed by atoms with Crippen molar-refractivity contribution < 1.29 is 28.6 Å². The molecule has 0 bridgehead atoms. The van der Waals surface area contributed by atoms with Crippen molar-refractivity contribution in [1.82, 2.24) is 5.32 Å². The van der Waals surface area contributed by atoms with Gasteiger partial charge in [-0.3, -0.25) is 10.1 Å². The fourth-order valence-electron chi connectivity index (χ4n) is 4.38. The lowest BCUT2D eigenvalue weighted by atomic mass is 9.98. The highest BCUT2D eigenvalue weighted by atomic mass is 19.1. The van der Waals surface area contributed by atoms with Crippen LogP contribution in [0.4, 0.5) is 14.9 Å². The zero-order valence-corrected chi connectivity index (χ0v) is 18.0. The van der Waals surface area contributed by atoms with E-state index in [1.165, 1.54) is 12.1 Å². The van der Waals surface area contributed by atoms with Crippen LogP contribution in [0.5, 0.6) is 0 Å². The Balaban J connectivity index is 1.31. The van der Waals surface area contributed by atoms with Gasteiger partial charge in [-0.1, -0.05) is 54.6 Å². The van der Waals surface area contributed by atoms with E-state index >= 15 is 0 Å². The molecule has 0 spiro atoms. The second-order valence-electron chi connectivity index (χ2n) is 8.45. The molecule has 2 amide bonds. The summed E-state index contributed by atoms with van der Waals surface area (Å²) in [5, 5.41) is 14.1. The number of carbonyl (C=O) groups is 3. The van der Waals surface area contributed by atoms with Crippen molar-refractivity contribution in [3.05, 3.63) is 89.2 Å². The highest BCUT2D eigenvalue weighted by Gasteiger charge is 2.52. The Morgan fingerprint density at radius 3 is 2.15 bits per heavy atom. The van der Waals surface area contributed by atoms with Crippen LogP contribution in [0.25, 0.3) is 11.1 Å². The van der Waals surface area contributed by atoms with E-state index in [0.29, 0.717) is 12.8 Å². The monoisotopic (exact) mass is 460 g/mol. The molecule has 0 heterocycles. The first-order valence-electron chi connectivity index (χ1n) is 10.9. The second kappa shape index (κ2) is 8.30. The van der Waals surface area contributed by atoms with Gasteiger partial charge in [0.25, 0.3) is 5.91 Å². The van der Waals surface area contributed by atoms with Crippen molar-refractivity contribution in [2.24, 2.45) is 0 Å². The van der Waals surface area contributed by atoms with E-state index in [0.717, 1.165) is 28.3 Å². The number of benzene rings is 3. The predicted molar refractivity (Wildman–Crippen MR) is 122 cm³/mol. The van der Waals surface area contributed by atoms with E-state index in [1.54, 1.807) is 0 Å². The van der Waals surface area contributed by atoms with E-state index in [9.17, 15) is 23.9 Å². The highest BCUT2D eigenvalue weighted by Crippen LogP contribution is 2.44. The number of nitrogens with one attached hydrogen (secondary N) is 2. The molecule has 0 saturated heterocycles. The van der Waals surface area contributed by atoms with Crippen molar-refractivity contribution >= 4 is 23.7 Å². The number of anilines is 1. The van der Waals surface area contributed by atoms with E-state index in [-0.39, 0.29) is 23.8 Å². The van der Waals surface area contributed by atoms with Gasteiger partial charge in [0.1, 0.15) is 18.0 Å². The van der Waals surface area contributed by atoms with Gasteiger partial charge in [-0.15, -0.1) is 0 Å². The lowest BCUT2D eigenvalue weighted by molar-refractivity contribution is -0.140. The largest absolute Gasteiger partial charge is 0.480 e. The average molecular weight is 460 g/mol. The molecule has 3 aromatic rings. The highest BCUT2D eigenvalue weighted by molar-refractivity contribution is 6.05. The smallest absolute Gasteiger partial charge is 0.411 e. The molecule has 172 valence electrons. The molecule has 0 aromatic heterocycles. The molecule has 0 aliphatic heterocycles. The van der Waals surface area contributed by atoms with Gasteiger partial charge in [0.2, 0.25) is 0 Å². The maximum absolute atomic E-state index is 14.5. The minimum absolute atomic E-state index is 0.0258. The van der Waals surface area contributed by atoms with Crippen molar-refractivity contribution in [2.75, 3.05) is 11.9 Å². The number of amides is 2. The van der Waals surface area contributed by atoms with Crippen molar-refractivity contribution in [1.29, 1.82) is 0 Å². The molecule has 0 radical (unpaired) electrons. The summed E-state index contributed by atoms with van der Waals surface area (Å²) in [7, 11) is 0. The summed E-state index contributed by atoms with van der Waals surface area (Å²) in [6.45, 7) is 0.0258. The molecule has 8 heteroatoms. The van der Waals surface area contributed by atoms with Crippen LogP contribution in [0, 0.1) is 5.82 Å². The number of hydrogen-bond donors (Lipinski definition) is 3. The van der Waals surface area contributed by atoms with Gasteiger partial charge >= 0.3 is 12.1 Å². The fraction of sp³-hybridized carbons (Fsp3) is 0.192. The Morgan fingerprint density at radius 2 is 1.56 bits per heavy atom. The molecular weight excluding hydrogens is 439 g/mol. The summed E-state index contributed by atoms with van der Waals surface area (Å²) in [5.74, 6) is -2.94. The SMILES string of the molecule is O=C(Nc1c(F)cccc1C(=O)NC1(C(=O)O)CC1)OCC1c2ccccc2-c2ccccc21. The van der Waals surface area contributed by atoms with Gasteiger partial charge in [0.05, 0.1) is 11.3 Å². The molecule has 0 atom stereocenters. The summed E-state index contributed by atoms with van der Waals surface area (Å²) in [6, 6.07) is 19.5. The van der Waals surface area contributed by atoms with Crippen LogP contribution >= 0.6 is 0 Å². The minimum atomic E-state index is -1.34. The van der Waals surface area contributed by atoms with E-state index in [2.05, 4.69) is 10.6 Å². The first-order chi connectivity index (χ1) is 16.4. The number of hydrogen-bond acceptors (Lipinski definition) is 4. The molecule has 2 aliphatic carbocycles. The fourth-order valence-corrected chi connectivity index (χ4v) is 4.38. The number of carboxylic acids is 1. The zero-order valence-electron chi connectivity index (χ0n) is 18.0. The number of aliphatic carboxylic acids is 1. The summed E-state index contributed by atoms with van der Waals surface area (Å²) in [4.78, 5) is 36.7. The molecule has 1 fully saturated rings. The Kier molecular flexibility index (Phi) is 5.28. The molecule has 5 rings (SSSR count). The van der Waals surface area contributed by atoms with E-state index in [4.69, 9.17) is 4.74 Å². The Morgan fingerprint density at radius 1 is 0.941 bits per heavy atom. The summed E-state index contributed by atoms with van der Waals surface area (Å²) in [6.07, 6.45) is -0.336. The number of halogens is 1. The van der Waals surface area contributed by atoms with Gasteiger partial charge in [-0.2, -0.15) is 0 Å². The number of fused-ring (bicyclic) bond motifs is 3. The first-order valence-corrected chi connectivity index (χ1v) is 10.9. The van der Waals surface area contributed by atoms with Gasteiger partial charge < -0.3 is 15.2 Å². The van der Waals surface area contributed by atoms with Crippen LogP contribution in [0.2, 0.25) is 0 Å². The number of carboxylic acid groups (broad SMARTS) is 1. The third kappa shape index (κ3) is 3.77. The van der Waals surface area contributed by atoms with Gasteiger partial charge in [-0.05, 0) is 47.2 Å². The molecular formula is C26H21FN2O5. The molecule has 1 saturated carbocycles. The number of para-hydroxylation sites is 1. The van der Waals surface area contributed by atoms with Crippen LogP contribution in [0.15, 0.2) is 66.7 Å². The van der Waals surface area contributed by atoms with Crippen molar-refractivity contribution in [2.45, 2.75) is 24.3 Å². The standard InChI is InChI=1S/C26H21FN2O5/c27-21-11-5-10-19(23(30)29-26(12-13-26)24(31)32)22(21)28-25(33)34-14-20-17-8-3-1-6-15(17)16-7-2-4-9-18(16)20/h1-11,20H,12-14H2,(H,28,33)(H,29,30)(H,31,32). The minimum Gasteiger partial charge on any atom is -0.480 e. The predicted octanol–water partition coefficient (Wildman–Crippen LogP) is 4.53. The van der Waals surface area contributed by atoms with Crippen LogP contribution in [0.3, 0.4) is 0 Å². The van der Waals surface area contributed by atoms with E-state index in [1.807, 2.05) is 48.5 Å². The number of carbonyl (C=O) groups excluding carboxylic acids is 2. The third-order valence-electron chi connectivity index (χ3n) is 6.34. The molecule has 34 heavy (non-hydrogen) atoms. The quantitative estimate of drug-likeness (QED) is 0.501. The Hall–Kier alpha value is -4.20.